The van der Waals surface area contributed by atoms with Crippen LogP contribution in [0, 0.1) is 17.2 Å². The molecule has 0 spiro atoms. The maximum atomic E-state index is 13.6. The summed E-state index contributed by atoms with van der Waals surface area (Å²) >= 11 is 0. The predicted octanol–water partition coefficient (Wildman–Crippen LogP) is 2.44. The Hall–Kier alpha value is -1.91. The van der Waals surface area contributed by atoms with Crippen molar-refractivity contribution >= 4 is 17.6 Å². The van der Waals surface area contributed by atoms with Gasteiger partial charge in [-0.25, -0.2) is 4.39 Å². The summed E-state index contributed by atoms with van der Waals surface area (Å²) in [5.74, 6) is -1.85. The summed E-state index contributed by atoms with van der Waals surface area (Å²) in [7, 11) is 0. The van der Waals surface area contributed by atoms with Gasteiger partial charge in [0, 0.05) is 11.6 Å². The summed E-state index contributed by atoms with van der Waals surface area (Å²) in [5.41, 5.74) is 0.489. The second-order valence-electron chi connectivity index (χ2n) is 5.61. The Morgan fingerprint density at radius 3 is 2.58 bits per heavy atom. The van der Waals surface area contributed by atoms with Crippen LogP contribution in [-0.4, -0.2) is 17.0 Å². The topological polar surface area (TPSA) is 66.4 Å². The molecule has 0 heterocycles. The van der Waals surface area contributed by atoms with Gasteiger partial charge in [-0.2, -0.15) is 0 Å². The number of aliphatic carboxylic acids is 1. The first kappa shape index (κ1) is 13.5. The van der Waals surface area contributed by atoms with Crippen molar-refractivity contribution in [2.45, 2.75) is 26.7 Å². The van der Waals surface area contributed by atoms with E-state index in [1.807, 2.05) is 13.8 Å². The molecule has 1 aromatic rings. The number of carboxylic acids is 1. The van der Waals surface area contributed by atoms with Crippen LogP contribution < -0.4 is 5.32 Å². The zero-order valence-electron chi connectivity index (χ0n) is 10.9. The molecule has 2 rings (SSSR count). The molecule has 5 heteroatoms. The third-order valence-electron chi connectivity index (χ3n) is 3.49. The Bertz CT molecular complexity index is 539. The number of halogens is 1. The number of anilines is 1. The molecular formula is C14H16FNO3. The largest absolute Gasteiger partial charge is 0.481 e. The number of carboxylic acid groups (broad SMARTS) is 1. The summed E-state index contributed by atoms with van der Waals surface area (Å²) in [6, 6.07) is 4.07. The van der Waals surface area contributed by atoms with Crippen LogP contribution in [0.3, 0.4) is 0 Å². The van der Waals surface area contributed by atoms with Crippen LogP contribution in [0.25, 0.3) is 0 Å². The second-order valence-corrected chi connectivity index (χ2v) is 5.61. The van der Waals surface area contributed by atoms with Gasteiger partial charge in [0.15, 0.2) is 0 Å². The highest BCUT2D eigenvalue weighted by Gasteiger charge is 2.50. The fraction of sp³-hybridized carbons (Fsp3) is 0.429. The van der Waals surface area contributed by atoms with E-state index in [0.29, 0.717) is 5.69 Å². The van der Waals surface area contributed by atoms with Gasteiger partial charge < -0.3 is 10.4 Å². The van der Waals surface area contributed by atoms with Crippen LogP contribution in [-0.2, 0) is 16.0 Å². The van der Waals surface area contributed by atoms with Crippen LogP contribution in [0.4, 0.5) is 10.1 Å². The van der Waals surface area contributed by atoms with Crippen molar-refractivity contribution in [3.05, 3.63) is 29.6 Å². The highest BCUT2D eigenvalue weighted by molar-refractivity contribution is 5.95. The van der Waals surface area contributed by atoms with Gasteiger partial charge in [-0.15, -0.1) is 0 Å². The number of amides is 1. The fourth-order valence-corrected chi connectivity index (χ4v) is 2.08. The molecule has 1 aromatic carbocycles. The Kier molecular flexibility index (Phi) is 3.30. The summed E-state index contributed by atoms with van der Waals surface area (Å²) in [5, 5.41) is 11.3. The molecule has 0 saturated heterocycles. The third-order valence-corrected chi connectivity index (χ3v) is 3.49. The molecule has 19 heavy (non-hydrogen) atoms. The monoisotopic (exact) mass is 265 g/mol. The van der Waals surface area contributed by atoms with E-state index in [-0.39, 0.29) is 29.2 Å². The van der Waals surface area contributed by atoms with Gasteiger partial charge in [0.1, 0.15) is 5.82 Å². The Balaban J connectivity index is 2.04. The quantitative estimate of drug-likeness (QED) is 0.878. The lowest BCUT2D eigenvalue weighted by Crippen LogP contribution is -2.16. The zero-order valence-corrected chi connectivity index (χ0v) is 10.9. The van der Waals surface area contributed by atoms with Crippen molar-refractivity contribution in [1.29, 1.82) is 0 Å². The molecule has 1 atom stereocenters. The number of carbonyl (C=O) groups is 2. The molecule has 1 fully saturated rings. The molecule has 1 saturated carbocycles. The average Bonchev–Trinajstić information content (AvgIpc) is 2.91. The van der Waals surface area contributed by atoms with Crippen molar-refractivity contribution in [1.82, 2.24) is 0 Å². The smallest absolute Gasteiger partial charge is 0.307 e. The zero-order chi connectivity index (χ0) is 14.2. The standard InChI is InChI=1S/C14H16FNO3/c1-14(2)7-10(14)13(19)16-9-4-3-8(5-12(17)18)11(15)6-9/h3-4,6,10H,5,7H2,1-2H3,(H,16,19)(H,17,18)/t10-/m1/s1. The molecule has 2 N–H and O–H groups in total. The Morgan fingerprint density at radius 2 is 2.11 bits per heavy atom. The highest BCUT2D eigenvalue weighted by Crippen LogP contribution is 2.51. The molecule has 1 aliphatic carbocycles. The lowest BCUT2D eigenvalue weighted by atomic mass is 10.1. The van der Waals surface area contributed by atoms with Crippen LogP contribution in [0.1, 0.15) is 25.8 Å². The van der Waals surface area contributed by atoms with Gasteiger partial charge in [0.05, 0.1) is 6.42 Å². The van der Waals surface area contributed by atoms with Crippen molar-refractivity contribution < 1.29 is 19.1 Å². The second kappa shape index (κ2) is 4.64. The molecule has 1 aliphatic rings. The van der Waals surface area contributed by atoms with E-state index in [2.05, 4.69) is 5.32 Å². The first-order valence-electron chi connectivity index (χ1n) is 6.11. The van der Waals surface area contributed by atoms with E-state index >= 15 is 0 Å². The number of benzene rings is 1. The van der Waals surface area contributed by atoms with Crippen LogP contribution >= 0.6 is 0 Å². The molecule has 0 aromatic heterocycles. The molecule has 102 valence electrons. The first-order chi connectivity index (χ1) is 8.79. The molecule has 0 aliphatic heterocycles. The van der Waals surface area contributed by atoms with E-state index in [4.69, 9.17) is 5.11 Å². The average molecular weight is 265 g/mol. The number of hydrogen-bond acceptors (Lipinski definition) is 2. The maximum absolute atomic E-state index is 13.6. The Labute approximate surface area is 110 Å². The molecule has 1 amide bonds. The number of nitrogens with one attached hydrogen (secondary N) is 1. The highest BCUT2D eigenvalue weighted by atomic mass is 19.1. The minimum absolute atomic E-state index is 0.0197. The molecule has 0 bridgehead atoms. The van der Waals surface area contributed by atoms with E-state index in [1.165, 1.54) is 12.1 Å². The van der Waals surface area contributed by atoms with Crippen molar-refractivity contribution in [2.75, 3.05) is 5.32 Å². The first-order valence-corrected chi connectivity index (χ1v) is 6.11. The van der Waals surface area contributed by atoms with Gasteiger partial charge >= 0.3 is 5.97 Å². The summed E-state index contributed by atoms with van der Waals surface area (Å²) in [6.45, 7) is 4.02. The lowest BCUT2D eigenvalue weighted by Gasteiger charge is -2.08. The minimum atomic E-state index is -1.09. The van der Waals surface area contributed by atoms with Gasteiger partial charge in [-0.3, -0.25) is 9.59 Å². The molecule has 0 radical (unpaired) electrons. The molecule has 4 nitrogen and oxygen atoms in total. The van der Waals surface area contributed by atoms with Crippen molar-refractivity contribution in [2.24, 2.45) is 11.3 Å². The van der Waals surface area contributed by atoms with Gasteiger partial charge in [-0.05, 0) is 29.5 Å². The number of carbonyl (C=O) groups excluding carboxylic acids is 1. The lowest BCUT2D eigenvalue weighted by molar-refractivity contribution is -0.136. The number of hydrogen-bond donors (Lipinski definition) is 2. The van der Waals surface area contributed by atoms with Crippen LogP contribution in [0.15, 0.2) is 18.2 Å². The van der Waals surface area contributed by atoms with Gasteiger partial charge in [0.2, 0.25) is 5.91 Å². The third kappa shape index (κ3) is 3.10. The number of rotatable bonds is 4. The SMILES string of the molecule is CC1(C)C[C@@H]1C(=O)Nc1ccc(CC(=O)O)c(F)c1. The minimum Gasteiger partial charge on any atom is -0.481 e. The van der Waals surface area contributed by atoms with Crippen LogP contribution in [0.5, 0.6) is 0 Å². The van der Waals surface area contributed by atoms with Gasteiger partial charge in [-0.1, -0.05) is 19.9 Å². The van der Waals surface area contributed by atoms with E-state index in [9.17, 15) is 14.0 Å². The predicted molar refractivity (Wildman–Crippen MR) is 68.3 cm³/mol. The summed E-state index contributed by atoms with van der Waals surface area (Å²) < 4.78 is 13.6. The summed E-state index contributed by atoms with van der Waals surface area (Å²) in [6.07, 6.45) is 0.466. The molecule has 0 unspecified atom stereocenters. The van der Waals surface area contributed by atoms with Crippen molar-refractivity contribution in [3.8, 4) is 0 Å². The van der Waals surface area contributed by atoms with Gasteiger partial charge in [0.25, 0.3) is 0 Å². The maximum Gasteiger partial charge on any atom is 0.307 e. The molecular weight excluding hydrogens is 249 g/mol. The normalized spacial score (nSPS) is 19.8. The Morgan fingerprint density at radius 1 is 1.47 bits per heavy atom. The van der Waals surface area contributed by atoms with E-state index in [1.54, 1.807) is 0 Å². The fourth-order valence-electron chi connectivity index (χ4n) is 2.08. The van der Waals surface area contributed by atoms with E-state index < -0.39 is 11.8 Å². The van der Waals surface area contributed by atoms with E-state index in [0.717, 1.165) is 12.5 Å². The van der Waals surface area contributed by atoms with Crippen LogP contribution in [0.2, 0.25) is 0 Å². The summed E-state index contributed by atoms with van der Waals surface area (Å²) in [4.78, 5) is 22.4. The van der Waals surface area contributed by atoms with Crippen molar-refractivity contribution in [3.63, 3.8) is 0 Å².